The van der Waals surface area contributed by atoms with Crippen LogP contribution in [-0.2, 0) is 9.47 Å². The third kappa shape index (κ3) is 6.62. The fourth-order valence-corrected chi connectivity index (χ4v) is 6.17. The van der Waals surface area contributed by atoms with Crippen molar-refractivity contribution in [3.63, 3.8) is 0 Å². The highest BCUT2D eigenvalue weighted by Crippen LogP contribution is 2.37. The van der Waals surface area contributed by atoms with Crippen LogP contribution in [0.5, 0.6) is 0 Å². The average molecular weight is 593 g/mol. The monoisotopic (exact) mass is 592 g/mol. The molecule has 228 valence electrons. The predicted octanol–water partition coefficient (Wildman–Crippen LogP) is 7.48. The van der Waals surface area contributed by atoms with Crippen LogP contribution >= 0.6 is 0 Å². The molecule has 1 fully saturated rings. The van der Waals surface area contributed by atoms with Gasteiger partial charge in [0.25, 0.3) is 5.91 Å². The van der Waals surface area contributed by atoms with Gasteiger partial charge in [-0.2, -0.15) is 0 Å². The number of esters is 1. The zero-order chi connectivity index (χ0) is 31.4. The second-order valence-electron chi connectivity index (χ2n) is 12.4. The highest BCUT2D eigenvalue weighted by atomic mass is 16.6. The maximum Gasteiger partial charge on any atom is 0.410 e. The van der Waals surface area contributed by atoms with E-state index in [4.69, 9.17) is 9.47 Å². The van der Waals surface area contributed by atoms with E-state index in [-0.39, 0.29) is 29.3 Å². The molecular formula is C37H40N2O5. The van der Waals surface area contributed by atoms with E-state index in [0.717, 1.165) is 21.9 Å². The van der Waals surface area contributed by atoms with Gasteiger partial charge >= 0.3 is 12.1 Å². The number of fused-ring (bicyclic) bond motifs is 1. The van der Waals surface area contributed by atoms with Crippen LogP contribution in [0.15, 0.2) is 97.1 Å². The molecule has 44 heavy (non-hydrogen) atoms. The standard InChI is InChI=1S/C37H40N2O5/c1-25(29-21-13-17-26-16-9-10-18-30(26)29)39(36(42)44-37(2,3)4)23-28-22-38(24-33(28)27-14-7-6-8-15-27)34(40)31-19-11-12-20-32(31)35(41)43-5/h6-21,25,28,33H,22-24H2,1-5H3/t25-,28-,33-/m1/s1. The van der Waals surface area contributed by atoms with Crippen LogP contribution in [0.1, 0.15) is 71.5 Å². The van der Waals surface area contributed by atoms with Gasteiger partial charge in [0.15, 0.2) is 0 Å². The first-order chi connectivity index (χ1) is 21.1. The quantitative estimate of drug-likeness (QED) is 0.208. The second-order valence-corrected chi connectivity index (χ2v) is 12.4. The fraction of sp³-hybridized carbons (Fsp3) is 0.324. The number of methoxy groups -OCH3 is 1. The Bertz CT molecular complexity index is 1640. The van der Waals surface area contributed by atoms with Crippen molar-refractivity contribution >= 4 is 28.7 Å². The highest BCUT2D eigenvalue weighted by Gasteiger charge is 2.40. The summed E-state index contributed by atoms with van der Waals surface area (Å²) in [5.41, 5.74) is 1.99. The Balaban J connectivity index is 1.51. The van der Waals surface area contributed by atoms with Crippen LogP contribution in [-0.4, -0.2) is 60.1 Å². The number of rotatable bonds is 7. The molecule has 1 aliphatic heterocycles. The number of hydrogen-bond donors (Lipinski definition) is 0. The topological polar surface area (TPSA) is 76.2 Å². The molecule has 7 heteroatoms. The first-order valence-electron chi connectivity index (χ1n) is 15.1. The van der Waals surface area contributed by atoms with Crippen LogP contribution in [0.3, 0.4) is 0 Å². The van der Waals surface area contributed by atoms with Crippen molar-refractivity contribution in [1.29, 1.82) is 0 Å². The molecule has 0 radical (unpaired) electrons. The van der Waals surface area contributed by atoms with E-state index in [1.807, 2.05) is 69.0 Å². The van der Waals surface area contributed by atoms with Gasteiger partial charge in [0, 0.05) is 31.5 Å². The van der Waals surface area contributed by atoms with Gasteiger partial charge in [-0.25, -0.2) is 9.59 Å². The number of ether oxygens (including phenoxy) is 2. The molecule has 0 aliphatic carbocycles. The van der Waals surface area contributed by atoms with Crippen molar-refractivity contribution in [2.45, 2.75) is 45.3 Å². The molecule has 0 aromatic heterocycles. The molecule has 1 saturated heterocycles. The summed E-state index contributed by atoms with van der Waals surface area (Å²) in [6.07, 6.45) is -0.398. The molecule has 0 saturated carbocycles. The average Bonchev–Trinajstić information content (AvgIpc) is 3.45. The van der Waals surface area contributed by atoms with Crippen molar-refractivity contribution < 1.29 is 23.9 Å². The van der Waals surface area contributed by atoms with Gasteiger partial charge in [0.1, 0.15) is 5.60 Å². The summed E-state index contributed by atoms with van der Waals surface area (Å²) >= 11 is 0. The predicted molar refractivity (Wildman–Crippen MR) is 172 cm³/mol. The molecule has 4 aromatic carbocycles. The van der Waals surface area contributed by atoms with Gasteiger partial charge in [-0.15, -0.1) is 0 Å². The number of likely N-dealkylation sites (tertiary alicyclic amines) is 1. The third-order valence-electron chi connectivity index (χ3n) is 8.32. The first kappa shape index (κ1) is 30.8. The van der Waals surface area contributed by atoms with Crippen LogP contribution < -0.4 is 0 Å². The van der Waals surface area contributed by atoms with E-state index in [9.17, 15) is 14.4 Å². The second kappa shape index (κ2) is 12.9. The molecular weight excluding hydrogens is 552 g/mol. The molecule has 4 aromatic rings. The molecule has 2 amide bonds. The number of nitrogens with zero attached hydrogens (tertiary/aromatic N) is 2. The Hall–Kier alpha value is -4.65. The van der Waals surface area contributed by atoms with Gasteiger partial charge in [0.2, 0.25) is 0 Å². The molecule has 1 aliphatic rings. The van der Waals surface area contributed by atoms with Crippen LogP contribution in [0.25, 0.3) is 10.8 Å². The Morgan fingerprint density at radius 3 is 2.18 bits per heavy atom. The maximum absolute atomic E-state index is 13.9. The van der Waals surface area contributed by atoms with Crippen molar-refractivity contribution in [2.24, 2.45) is 5.92 Å². The summed E-state index contributed by atoms with van der Waals surface area (Å²) in [5, 5.41) is 2.18. The summed E-state index contributed by atoms with van der Waals surface area (Å²) in [6, 6.07) is 30.9. The van der Waals surface area contributed by atoms with E-state index >= 15 is 0 Å². The maximum atomic E-state index is 13.9. The smallest absolute Gasteiger partial charge is 0.410 e. The Morgan fingerprint density at radius 1 is 0.841 bits per heavy atom. The van der Waals surface area contributed by atoms with Crippen molar-refractivity contribution in [1.82, 2.24) is 9.80 Å². The Labute approximate surface area is 259 Å². The zero-order valence-electron chi connectivity index (χ0n) is 26.0. The minimum absolute atomic E-state index is 0.0323. The van der Waals surface area contributed by atoms with E-state index in [1.54, 1.807) is 29.2 Å². The van der Waals surface area contributed by atoms with Crippen molar-refractivity contribution in [3.8, 4) is 0 Å². The van der Waals surface area contributed by atoms with Gasteiger partial charge < -0.3 is 19.3 Å². The summed E-state index contributed by atoms with van der Waals surface area (Å²) in [6.45, 7) is 8.88. The highest BCUT2D eigenvalue weighted by molar-refractivity contribution is 6.05. The molecule has 3 atom stereocenters. The Morgan fingerprint density at radius 2 is 1.48 bits per heavy atom. The van der Waals surface area contributed by atoms with E-state index in [0.29, 0.717) is 25.2 Å². The minimum Gasteiger partial charge on any atom is -0.465 e. The molecule has 0 N–H and O–H groups in total. The summed E-state index contributed by atoms with van der Waals surface area (Å²) in [7, 11) is 1.31. The van der Waals surface area contributed by atoms with Crippen molar-refractivity contribution in [3.05, 3.63) is 119 Å². The molecule has 1 heterocycles. The fourth-order valence-electron chi connectivity index (χ4n) is 6.17. The number of carbonyl (C=O) groups is 3. The molecule has 0 bridgehead atoms. The normalized spacial score (nSPS) is 17.2. The molecule has 0 unspecified atom stereocenters. The lowest BCUT2D eigenvalue weighted by Gasteiger charge is -2.35. The van der Waals surface area contributed by atoms with Gasteiger partial charge in [-0.05, 0) is 61.7 Å². The summed E-state index contributed by atoms with van der Waals surface area (Å²) in [4.78, 5) is 43.9. The largest absolute Gasteiger partial charge is 0.465 e. The lowest BCUT2D eigenvalue weighted by Crippen LogP contribution is -2.42. The number of benzene rings is 4. The number of carbonyl (C=O) groups excluding carboxylic acids is 3. The van der Waals surface area contributed by atoms with Crippen LogP contribution in [0.4, 0.5) is 4.79 Å². The van der Waals surface area contributed by atoms with Gasteiger partial charge in [0.05, 0.1) is 24.3 Å². The minimum atomic E-state index is -0.679. The van der Waals surface area contributed by atoms with Crippen LogP contribution in [0.2, 0.25) is 0 Å². The number of amides is 2. The molecule has 7 nitrogen and oxygen atoms in total. The molecule has 0 spiro atoms. The van der Waals surface area contributed by atoms with E-state index < -0.39 is 17.7 Å². The summed E-state index contributed by atoms with van der Waals surface area (Å²) in [5.74, 6) is -0.906. The summed E-state index contributed by atoms with van der Waals surface area (Å²) < 4.78 is 10.9. The SMILES string of the molecule is COC(=O)c1ccccc1C(=O)N1C[C@H](CN(C(=O)OC(C)(C)C)[C@H](C)c2cccc3ccccc23)[C@@H](c2ccccc2)C1. The van der Waals surface area contributed by atoms with E-state index in [1.165, 1.54) is 7.11 Å². The van der Waals surface area contributed by atoms with Crippen LogP contribution in [0, 0.1) is 5.92 Å². The Kier molecular flexibility index (Phi) is 9.04. The lowest BCUT2D eigenvalue weighted by atomic mass is 9.88. The lowest BCUT2D eigenvalue weighted by molar-refractivity contribution is 0.0137. The molecule has 5 rings (SSSR count). The first-order valence-corrected chi connectivity index (χ1v) is 15.1. The third-order valence-corrected chi connectivity index (χ3v) is 8.32. The van der Waals surface area contributed by atoms with Gasteiger partial charge in [-0.1, -0.05) is 84.9 Å². The van der Waals surface area contributed by atoms with Crippen molar-refractivity contribution in [2.75, 3.05) is 26.7 Å². The van der Waals surface area contributed by atoms with E-state index in [2.05, 4.69) is 36.4 Å². The zero-order valence-corrected chi connectivity index (χ0v) is 26.0. The number of hydrogen-bond acceptors (Lipinski definition) is 5. The van der Waals surface area contributed by atoms with Gasteiger partial charge in [-0.3, -0.25) is 4.79 Å².